The molecule has 0 atom stereocenters. The molecule has 1 aromatic carbocycles. The summed E-state index contributed by atoms with van der Waals surface area (Å²) in [4.78, 5) is 31.6. The van der Waals surface area contributed by atoms with Gasteiger partial charge in [0.2, 0.25) is 0 Å². The third kappa shape index (κ3) is 5.58. The third-order valence-corrected chi connectivity index (χ3v) is 6.52. The maximum Gasteiger partial charge on any atom is 0.329 e. The first-order valence-corrected chi connectivity index (χ1v) is 11.9. The van der Waals surface area contributed by atoms with Gasteiger partial charge in [0.25, 0.3) is 5.56 Å². The quantitative estimate of drug-likeness (QED) is 0.332. The second-order valence-electron chi connectivity index (χ2n) is 7.57. The first kappa shape index (κ1) is 22.7. The van der Waals surface area contributed by atoms with Gasteiger partial charge >= 0.3 is 5.69 Å². The Balaban J connectivity index is 1.79. The lowest BCUT2D eigenvalue weighted by molar-refractivity contribution is 0.603. The Hall–Kier alpha value is -1.99. The number of thioether (sulfide) groups is 1. The van der Waals surface area contributed by atoms with Crippen LogP contribution in [0, 0.1) is 0 Å². The summed E-state index contributed by atoms with van der Waals surface area (Å²) in [6.07, 6.45) is 8.76. The van der Waals surface area contributed by atoms with E-state index in [9.17, 15) is 9.59 Å². The van der Waals surface area contributed by atoms with Crippen molar-refractivity contribution in [3.05, 3.63) is 55.7 Å². The number of aryl methyl sites for hydroxylation is 1. The molecule has 1 N–H and O–H groups in total. The molecule has 0 radical (unpaired) electrons. The van der Waals surface area contributed by atoms with Gasteiger partial charge in [-0.1, -0.05) is 80.9 Å². The molecule has 6 nitrogen and oxygen atoms in total. The van der Waals surface area contributed by atoms with Crippen LogP contribution in [-0.2, 0) is 13.6 Å². The number of rotatable bonds is 11. The van der Waals surface area contributed by atoms with Gasteiger partial charge in [-0.05, 0) is 24.1 Å². The smallest absolute Gasteiger partial charge is 0.309 e. The van der Waals surface area contributed by atoms with Gasteiger partial charge in [0, 0.05) is 17.8 Å². The van der Waals surface area contributed by atoms with Crippen LogP contribution < -0.4 is 11.2 Å². The minimum Gasteiger partial charge on any atom is -0.309 e. The van der Waals surface area contributed by atoms with Crippen molar-refractivity contribution in [1.29, 1.82) is 0 Å². The standard InChI is InChI=1S/C22H29ClN4O2S/c1-3-4-5-6-7-8-9-14-30-22-24-19-18(20(28)25-21(29)26(19)2)27(22)15-16-10-12-17(23)13-11-16/h10-13H,3-9,14-15H2,1-2H3,(H,25,28,29). The van der Waals surface area contributed by atoms with Gasteiger partial charge in [-0.15, -0.1) is 0 Å². The summed E-state index contributed by atoms with van der Waals surface area (Å²) < 4.78 is 3.30. The molecule has 0 saturated carbocycles. The first-order valence-electron chi connectivity index (χ1n) is 10.6. The van der Waals surface area contributed by atoms with E-state index in [1.807, 2.05) is 28.8 Å². The van der Waals surface area contributed by atoms with E-state index in [2.05, 4.69) is 16.9 Å². The Morgan fingerprint density at radius 2 is 1.70 bits per heavy atom. The molecule has 0 unspecified atom stereocenters. The van der Waals surface area contributed by atoms with Crippen LogP contribution in [0.5, 0.6) is 0 Å². The van der Waals surface area contributed by atoms with Crippen molar-refractivity contribution in [2.75, 3.05) is 5.75 Å². The van der Waals surface area contributed by atoms with E-state index in [-0.39, 0.29) is 0 Å². The molecule has 0 aliphatic rings. The van der Waals surface area contributed by atoms with Gasteiger partial charge in [0.1, 0.15) is 0 Å². The number of halogens is 1. The number of unbranched alkanes of at least 4 members (excludes halogenated alkanes) is 6. The highest BCUT2D eigenvalue weighted by atomic mass is 35.5. The average molecular weight is 449 g/mol. The van der Waals surface area contributed by atoms with Crippen LogP contribution in [0.1, 0.15) is 57.4 Å². The molecule has 0 amide bonds. The summed E-state index contributed by atoms with van der Waals surface area (Å²) >= 11 is 7.65. The molecule has 2 aromatic heterocycles. The van der Waals surface area contributed by atoms with Crippen molar-refractivity contribution in [2.24, 2.45) is 7.05 Å². The zero-order chi connectivity index (χ0) is 21.5. The van der Waals surface area contributed by atoms with E-state index in [0.29, 0.717) is 22.7 Å². The summed E-state index contributed by atoms with van der Waals surface area (Å²) in [7, 11) is 1.63. The lowest BCUT2D eigenvalue weighted by Gasteiger charge is -2.09. The normalized spacial score (nSPS) is 11.4. The van der Waals surface area contributed by atoms with Crippen LogP contribution in [0.25, 0.3) is 11.2 Å². The van der Waals surface area contributed by atoms with E-state index in [4.69, 9.17) is 11.6 Å². The van der Waals surface area contributed by atoms with Crippen LogP contribution in [0.4, 0.5) is 0 Å². The maximum atomic E-state index is 12.6. The zero-order valence-corrected chi connectivity index (χ0v) is 19.2. The highest BCUT2D eigenvalue weighted by Crippen LogP contribution is 2.24. The van der Waals surface area contributed by atoms with Crippen molar-refractivity contribution >= 4 is 34.5 Å². The molecule has 0 spiro atoms. The minimum atomic E-state index is -0.452. The fourth-order valence-corrected chi connectivity index (χ4v) is 4.59. The van der Waals surface area contributed by atoms with Gasteiger partial charge in [-0.3, -0.25) is 14.3 Å². The fraction of sp³-hybridized carbons (Fsp3) is 0.500. The molecule has 0 fully saturated rings. The number of nitrogens with zero attached hydrogens (tertiary/aromatic N) is 3. The molecule has 0 saturated heterocycles. The van der Waals surface area contributed by atoms with Crippen LogP contribution in [0.2, 0.25) is 5.02 Å². The molecule has 0 aliphatic carbocycles. The van der Waals surface area contributed by atoms with Crippen LogP contribution in [-0.4, -0.2) is 24.9 Å². The third-order valence-electron chi connectivity index (χ3n) is 5.21. The van der Waals surface area contributed by atoms with Crippen molar-refractivity contribution < 1.29 is 0 Å². The maximum absolute atomic E-state index is 12.6. The Kier molecular flexibility index (Phi) is 8.22. The summed E-state index contributed by atoms with van der Waals surface area (Å²) in [6.45, 7) is 2.72. The molecule has 30 heavy (non-hydrogen) atoms. The van der Waals surface area contributed by atoms with Crippen molar-refractivity contribution in [3.8, 4) is 0 Å². The Morgan fingerprint density at radius 3 is 2.40 bits per heavy atom. The molecule has 0 bridgehead atoms. The zero-order valence-electron chi connectivity index (χ0n) is 17.6. The van der Waals surface area contributed by atoms with Crippen LogP contribution >= 0.6 is 23.4 Å². The fourth-order valence-electron chi connectivity index (χ4n) is 3.47. The van der Waals surface area contributed by atoms with Crippen LogP contribution in [0.3, 0.4) is 0 Å². The second kappa shape index (κ2) is 10.9. The predicted molar refractivity (Wildman–Crippen MR) is 125 cm³/mol. The van der Waals surface area contributed by atoms with Crippen molar-refractivity contribution in [3.63, 3.8) is 0 Å². The number of nitrogens with one attached hydrogen (secondary N) is 1. The molecule has 162 valence electrons. The summed E-state index contributed by atoms with van der Waals surface area (Å²) in [5.74, 6) is 0.934. The predicted octanol–water partition coefficient (Wildman–Crippen LogP) is 4.97. The SMILES string of the molecule is CCCCCCCCCSc1nc2c(c(=O)[nH]c(=O)n2C)n1Cc1ccc(Cl)cc1. The molecular weight excluding hydrogens is 420 g/mol. The first-order chi connectivity index (χ1) is 14.5. The van der Waals surface area contributed by atoms with Gasteiger partial charge in [0.15, 0.2) is 16.3 Å². The van der Waals surface area contributed by atoms with E-state index in [1.54, 1.807) is 18.8 Å². The number of hydrogen-bond donors (Lipinski definition) is 1. The van der Waals surface area contributed by atoms with Crippen molar-refractivity contribution in [2.45, 2.75) is 63.6 Å². The number of benzene rings is 1. The van der Waals surface area contributed by atoms with Crippen molar-refractivity contribution in [1.82, 2.24) is 19.1 Å². The average Bonchev–Trinajstić information content (AvgIpc) is 3.09. The van der Waals surface area contributed by atoms with E-state index in [1.165, 1.54) is 43.1 Å². The molecule has 0 aliphatic heterocycles. The van der Waals surface area contributed by atoms with Gasteiger partial charge in [0.05, 0.1) is 6.54 Å². The summed E-state index contributed by atoms with van der Waals surface area (Å²) in [5.41, 5.74) is 1.00. The number of hydrogen-bond acceptors (Lipinski definition) is 4. The van der Waals surface area contributed by atoms with Gasteiger partial charge in [-0.25, -0.2) is 9.78 Å². The topological polar surface area (TPSA) is 72.7 Å². The number of fused-ring (bicyclic) bond motifs is 1. The van der Waals surface area contributed by atoms with E-state index >= 15 is 0 Å². The molecule has 3 aromatic rings. The highest BCUT2D eigenvalue weighted by molar-refractivity contribution is 7.99. The lowest BCUT2D eigenvalue weighted by Crippen LogP contribution is -2.29. The highest BCUT2D eigenvalue weighted by Gasteiger charge is 2.18. The Morgan fingerprint density at radius 1 is 1.03 bits per heavy atom. The van der Waals surface area contributed by atoms with Crippen LogP contribution in [0.15, 0.2) is 39.0 Å². The number of aromatic amines is 1. The van der Waals surface area contributed by atoms with Gasteiger partial charge in [-0.2, -0.15) is 0 Å². The minimum absolute atomic E-state index is 0.405. The summed E-state index contributed by atoms with van der Waals surface area (Å²) in [6, 6.07) is 7.55. The second-order valence-corrected chi connectivity index (χ2v) is 9.07. The van der Waals surface area contributed by atoms with E-state index < -0.39 is 11.2 Å². The molecular formula is C22H29ClN4O2S. The molecule has 2 heterocycles. The monoisotopic (exact) mass is 448 g/mol. The van der Waals surface area contributed by atoms with Gasteiger partial charge < -0.3 is 4.57 Å². The number of H-pyrrole nitrogens is 1. The number of imidazole rings is 1. The number of aromatic nitrogens is 4. The summed E-state index contributed by atoms with van der Waals surface area (Å²) in [5, 5.41) is 1.43. The molecule has 3 rings (SSSR count). The lowest BCUT2D eigenvalue weighted by atomic mass is 10.1. The Bertz CT molecular complexity index is 1090. The Labute approximate surface area is 185 Å². The largest absolute Gasteiger partial charge is 0.329 e. The van der Waals surface area contributed by atoms with E-state index in [0.717, 1.165) is 22.9 Å². The molecule has 8 heteroatoms.